The SMILES string of the molecule is CCn1ncc2c(NC3CCC(=O)CC3)c(C(=O)NCc3ccccn3)cnc21. The minimum Gasteiger partial charge on any atom is -0.381 e. The Balaban J connectivity index is 1.63. The lowest BCUT2D eigenvalue weighted by Gasteiger charge is -2.24. The van der Waals surface area contributed by atoms with Gasteiger partial charge in [0.05, 0.1) is 35.1 Å². The van der Waals surface area contributed by atoms with Crippen LogP contribution in [0.4, 0.5) is 5.69 Å². The predicted octanol–water partition coefficient (Wildman–Crippen LogP) is 2.70. The Morgan fingerprint density at radius 3 is 2.76 bits per heavy atom. The van der Waals surface area contributed by atoms with Gasteiger partial charge < -0.3 is 10.6 Å². The number of nitrogens with zero attached hydrogens (tertiary/aromatic N) is 4. The molecule has 0 radical (unpaired) electrons. The fraction of sp³-hybridized carbons (Fsp3) is 0.381. The van der Waals surface area contributed by atoms with Crippen LogP contribution in [0.5, 0.6) is 0 Å². The number of hydrogen-bond acceptors (Lipinski definition) is 6. The second-order valence-electron chi connectivity index (χ2n) is 7.21. The molecule has 8 nitrogen and oxygen atoms in total. The monoisotopic (exact) mass is 392 g/mol. The predicted molar refractivity (Wildman–Crippen MR) is 109 cm³/mol. The Hall–Kier alpha value is -3.29. The lowest BCUT2D eigenvalue weighted by molar-refractivity contribution is -0.120. The molecule has 29 heavy (non-hydrogen) atoms. The van der Waals surface area contributed by atoms with Crippen molar-refractivity contribution in [1.82, 2.24) is 25.1 Å². The van der Waals surface area contributed by atoms with E-state index in [0.29, 0.717) is 37.3 Å². The number of carbonyl (C=O) groups is 2. The van der Waals surface area contributed by atoms with Crippen LogP contribution in [0.1, 0.15) is 48.7 Å². The van der Waals surface area contributed by atoms with Gasteiger partial charge in [0, 0.05) is 37.8 Å². The van der Waals surface area contributed by atoms with E-state index in [9.17, 15) is 9.59 Å². The molecule has 0 spiro atoms. The van der Waals surface area contributed by atoms with Gasteiger partial charge in [-0.15, -0.1) is 0 Å². The van der Waals surface area contributed by atoms with Crippen LogP contribution in [0, 0.1) is 0 Å². The van der Waals surface area contributed by atoms with Crippen molar-refractivity contribution < 1.29 is 9.59 Å². The number of pyridine rings is 2. The number of anilines is 1. The van der Waals surface area contributed by atoms with Crippen LogP contribution in [-0.4, -0.2) is 37.5 Å². The molecule has 0 saturated heterocycles. The number of ketones is 1. The summed E-state index contributed by atoms with van der Waals surface area (Å²) in [4.78, 5) is 33.3. The highest BCUT2D eigenvalue weighted by Gasteiger charge is 2.23. The summed E-state index contributed by atoms with van der Waals surface area (Å²) in [5.74, 6) is 0.0822. The smallest absolute Gasteiger partial charge is 0.255 e. The molecule has 0 unspecified atom stereocenters. The van der Waals surface area contributed by atoms with Gasteiger partial charge in [-0.1, -0.05) is 6.07 Å². The first-order valence-corrected chi connectivity index (χ1v) is 9.96. The summed E-state index contributed by atoms with van der Waals surface area (Å²) in [7, 11) is 0. The standard InChI is InChI=1S/C21H24N6O2/c1-2-27-20-17(13-25-27)19(26-14-6-8-16(28)9-7-14)18(12-23-20)21(29)24-11-15-5-3-4-10-22-15/h3-5,10,12-14H,2,6-9,11H2,1H3,(H,23,26)(H,24,29). The van der Waals surface area contributed by atoms with E-state index in [-0.39, 0.29) is 11.9 Å². The van der Waals surface area contributed by atoms with Crippen LogP contribution in [0.3, 0.4) is 0 Å². The summed E-state index contributed by atoms with van der Waals surface area (Å²) < 4.78 is 1.81. The number of hydrogen-bond donors (Lipinski definition) is 2. The molecule has 1 fully saturated rings. The van der Waals surface area contributed by atoms with Gasteiger partial charge in [-0.05, 0) is 31.9 Å². The summed E-state index contributed by atoms with van der Waals surface area (Å²) >= 11 is 0. The lowest BCUT2D eigenvalue weighted by atomic mass is 9.94. The maximum atomic E-state index is 13.0. The number of Topliss-reactive ketones (excluding diaryl/α,β-unsaturated/α-hetero) is 1. The number of amides is 1. The lowest BCUT2D eigenvalue weighted by Crippen LogP contribution is -2.29. The molecule has 3 heterocycles. The van der Waals surface area contributed by atoms with Gasteiger partial charge in [-0.2, -0.15) is 5.10 Å². The molecule has 0 aromatic carbocycles. The van der Waals surface area contributed by atoms with Gasteiger partial charge >= 0.3 is 0 Å². The van der Waals surface area contributed by atoms with Gasteiger partial charge in [0.2, 0.25) is 0 Å². The Bertz CT molecular complexity index is 1020. The average molecular weight is 392 g/mol. The number of rotatable bonds is 6. The average Bonchev–Trinajstić information content (AvgIpc) is 3.18. The topological polar surface area (TPSA) is 102 Å². The van der Waals surface area contributed by atoms with E-state index in [1.807, 2.05) is 25.1 Å². The van der Waals surface area contributed by atoms with Crippen LogP contribution in [0.15, 0.2) is 36.8 Å². The molecule has 0 bridgehead atoms. The molecule has 1 saturated carbocycles. The van der Waals surface area contributed by atoms with Gasteiger partial charge in [0.15, 0.2) is 5.65 Å². The number of nitrogens with one attached hydrogen (secondary N) is 2. The molecule has 1 amide bonds. The van der Waals surface area contributed by atoms with E-state index < -0.39 is 0 Å². The van der Waals surface area contributed by atoms with E-state index in [0.717, 1.165) is 35.3 Å². The van der Waals surface area contributed by atoms with E-state index in [1.165, 1.54) is 0 Å². The van der Waals surface area contributed by atoms with E-state index in [2.05, 4.69) is 25.7 Å². The van der Waals surface area contributed by atoms with Crippen LogP contribution in [0.25, 0.3) is 11.0 Å². The number of aromatic nitrogens is 4. The fourth-order valence-electron chi connectivity index (χ4n) is 3.64. The normalized spacial score (nSPS) is 14.9. The Labute approximate surface area is 168 Å². The second kappa shape index (κ2) is 8.38. The van der Waals surface area contributed by atoms with Gasteiger partial charge in [-0.3, -0.25) is 14.6 Å². The Morgan fingerprint density at radius 2 is 2.03 bits per heavy atom. The van der Waals surface area contributed by atoms with Gasteiger partial charge in [0.25, 0.3) is 5.91 Å². The minimum atomic E-state index is -0.219. The van der Waals surface area contributed by atoms with Gasteiger partial charge in [-0.25, -0.2) is 9.67 Å². The van der Waals surface area contributed by atoms with Crippen molar-refractivity contribution in [2.75, 3.05) is 5.32 Å². The van der Waals surface area contributed by atoms with Crippen molar-refractivity contribution in [1.29, 1.82) is 0 Å². The van der Waals surface area contributed by atoms with Crippen LogP contribution < -0.4 is 10.6 Å². The van der Waals surface area contributed by atoms with Crippen LogP contribution in [0.2, 0.25) is 0 Å². The molecule has 150 valence electrons. The van der Waals surface area contributed by atoms with Crippen molar-refractivity contribution >= 4 is 28.4 Å². The molecular formula is C21H24N6O2. The summed E-state index contributed by atoms with van der Waals surface area (Å²) in [5, 5.41) is 11.6. The number of carbonyl (C=O) groups excluding carboxylic acids is 2. The van der Waals surface area contributed by atoms with Crippen molar-refractivity contribution in [2.24, 2.45) is 0 Å². The van der Waals surface area contributed by atoms with Crippen molar-refractivity contribution in [2.45, 2.75) is 51.7 Å². The highest BCUT2D eigenvalue weighted by atomic mass is 16.1. The summed E-state index contributed by atoms with van der Waals surface area (Å²) in [6.45, 7) is 3.03. The minimum absolute atomic E-state index is 0.144. The van der Waals surface area contributed by atoms with Crippen molar-refractivity contribution in [3.05, 3.63) is 48.0 Å². The molecule has 3 aromatic rings. The molecule has 0 aliphatic heterocycles. The third-order valence-electron chi connectivity index (χ3n) is 5.26. The Kier molecular flexibility index (Phi) is 5.50. The first-order chi connectivity index (χ1) is 14.2. The first-order valence-electron chi connectivity index (χ1n) is 9.96. The molecule has 4 rings (SSSR count). The number of aryl methyl sites for hydroxylation is 1. The molecular weight excluding hydrogens is 368 g/mol. The second-order valence-corrected chi connectivity index (χ2v) is 7.21. The molecule has 2 N–H and O–H groups in total. The van der Waals surface area contributed by atoms with Crippen molar-refractivity contribution in [3.8, 4) is 0 Å². The van der Waals surface area contributed by atoms with E-state index in [4.69, 9.17) is 0 Å². The van der Waals surface area contributed by atoms with Crippen LogP contribution >= 0.6 is 0 Å². The quantitative estimate of drug-likeness (QED) is 0.669. The summed E-state index contributed by atoms with van der Waals surface area (Å²) in [6.07, 6.45) is 7.71. The van der Waals surface area contributed by atoms with Crippen LogP contribution in [-0.2, 0) is 17.9 Å². The van der Waals surface area contributed by atoms with E-state index in [1.54, 1.807) is 23.3 Å². The molecule has 8 heteroatoms. The van der Waals surface area contributed by atoms with Crippen molar-refractivity contribution in [3.63, 3.8) is 0 Å². The fourth-order valence-corrected chi connectivity index (χ4v) is 3.64. The zero-order valence-electron chi connectivity index (χ0n) is 16.4. The van der Waals surface area contributed by atoms with Gasteiger partial charge in [0.1, 0.15) is 5.78 Å². The largest absolute Gasteiger partial charge is 0.381 e. The molecule has 3 aromatic heterocycles. The third-order valence-corrected chi connectivity index (χ3v) is 5.26. The highest BCUT2D eigenvalue weighted by molar-refractivity contribution is 6.06. The number of fused-ring (bicyclic) bond motifs is 1. The molecule has 0 atom stereocenters. The maximum Gasteiger partial charge on any atom is 0.255 e. The zero-order valence-corrected chi connectivity index (χ0v) is 16.4. The summed E-state index contributed by atoms with van der Waals surface area (Å²) in [5.41, 5.74) is 2.73. The highest BCUT2D eigenvalue weighted by Crippen LogP contribution is 2.29. The molecule has 1 aliphatic rings. The maximum absolute atomic E-state index is 13.0. The Morgan fingerprint density at radius 1 is 1.21 bits per heavy atom. The first kappa shape index (κ1) is 19.0. The van der Waals surface area contributed by atoms with E-state index >= 15 is 0 Å². The zero-order chi connectivity index (χ0) is 20.2. The molecule has 1 aliphatic carbocycles. The third kappa shape index (κ3) is 4.11. The summed E-state index contributed by atoms with van der Waals surface area (Å²) in [6, 6.07) is 5.74.